The Morgan fingerprint density at radius 3 is 2.40 bits per heavy atom. The summed E-state index contributed by atoms with van der Waals surface area (Å²) in [6, 6.07) is 8.70. The smallest absolute Gasteiger partial charge is 0.119 e. The molecule has 0 unspecified atom stereocenters. The van der Waals surface area contributed by atoms with Crippen LogP contribution < -0.4 is 0 Å². The quantitative estimate of drug-likeness (QED) is 0.744. The minimum atomic E-state index is 0.253. The Kier molecular flexibility index (Phi) is 2.27. The third-order valence-corrected chi connectivity index (χ3v) is 2.60. The van der Waals surface area contributed by atoms with Gasteiger partial charge in [-0.15, -0.1) is 0 Å². The van der Waals surface area contributed by atoms with Crippen molar-refractivity contribution in [2.45, 2.75) is 19.8 Å². The van der Waals surface area contributed by atoms with E-state index in [9.17, 15) is 10.2 Å². The van der Waals surface area contributed by atoms with E-state index in [0.717, 1.165) is 16.3 Å². The monoisotopic (exact) mass is 202 g/mol. The van der Waals surface area contributed by atoms with E-state index < -0.39 is 0 Å². The first-order valence-electron chi connectivity index (χ1n) is 5.04. The van der Waals surface area contributed by atoms with E-state index in [0.29, 0.717) is 5.75 Å². The fourth-order valence-electron chi connectivity index (χ4n) is 1.94. The Hall–Kier alpha value is -1.70. The lowest BCUT2D eigenvalue weighted by Gasteiger charge is -2.12. The minimum absolute atomic E-state index is 0.253. The van der Waals surface area contributed by atoms with Crippen LogP contribution in [0.1, 0.15) is 25.3 Å². The molecule has 0 saturated carbocycles. The van der Waals surface area contributed by atoms with Crippen molar-refractivity contribution in [2.75, 3.05) is 0 Å². The Morgan fingerprint density at radius 1 is 1.00 bits per heavy atom. The first-order chi connectivity index (χ1) is 7.09. The van der Waals surface area contributed by atoms with Crippen LogP contribution in [0.4, 0.5) is 0 Å². The summed E-state index contributed by atoms with van der Waals surface area (Å²) in [7, 11) is 0. The SMILES string of the molecule is CC(C)c1c(O)ccc2cc(O)ccc12. The van der Waals surface area contributed by atoms with E-state index >= 15 is 0 Å². The fraction of sp³-hybridized carbons (Fsp3) is 0.231. The zero-order valence-corrected chi connectivity index (χ0v) is 8.86. The number of phenols is 2. The lowest BCUT2D eigenvalue weighted by Crippen LogP contribution is -1.90. The first-order valence-corrected chi connectivity index (χ1v) is 5.04. The van der Waals surface area contributed by atoms with Gasteiger partial charge in [0.1, 0.15) is 11.5 Å². The lowest BCUT2D eigenvalue weighted by molar-refractivity contribution is 0.466. The predicted molar refractivity (Wildman–Crippen MR) is 61.4 cm³/mol. The minimum Gasteiger partial charge on any atom is -0.508 e. The van der Waals surface area contributed by atoms with Crippen LogP contribution in [0.3, 0.4) is 0 Å². The van der Waals surface area contributed by atoms with Gasteiger partial charge < -0.3 is 10.2 Å². The molecular formula is C13H14O2. The van der Waals surface area contributed by atoms with Gasteiger partial charge in [0.25, 0.3) is 0 Å². The van der Waals surface area contributed by atoms with Gasteiger partial charge >= 0.3 is 0 Å². The second kappa shape index (κ2) is 3.46. The fourth-order valence-corrected chi connectivity index (χ4v) is 1.94. The largest absolute Gasteiger partial charge is 0.508 e. The summed E-state index contributed by atoms with van der Waals surface area (Å²) in [5.74, 6) is 0.837. The molecule has 0 heterocycles. The first kappa shape index (κ1) is 9.84. The summed E-state index contributed by atoms with van der Waals surface area (Å²) in [6.45, 7) is 4.09. The van der Waals surface area contributed by atoms with Crippen LogP contribution in [0.15, 0.2) is 30.3 Å². The second-order valence-electron chi connectivity index (χ2n) is 4.06. The van der Waals surface area contributed by atoms with E-state index in [1.807, 2.05) is 26.0 Å². The van der Waals surface area contributed by atoms with Gasteiger partial charge in [0, 0.05) is 5.56 Å². The van der Waals surface area contributed by atoms with Crippen LogP contribution in [-0.2, 0) is 0 Å². The maximum absolute atomic E-state index is 9.79. The molecule has 0 radical (unpaired) electrons. The second-order valence-corrected chi connectivity index (χ2v) is 4.06. The van der Waals surface area contributed by atoms with E-state index in [4.69, 9.17) is 0 Å². The normalized spacial score (nSPS) is 11.1. The van der Waals surface area contributed by atoms with Gasteiger partial charge in [-0.25, -0.2) is 0 Å². The molecule has 0 aliphatic rings. The summed E-state index contributed by atoms with van der Waals surface area (Å²) in [5.41, 5.74) is 0.938. The van der Waals surface area contributed by atoms with Gasteiger partial charge in [-0.05, 0) is 34.9 Å². The molecule has 0 amide bonds. The molecule has 2 nitrogen and oxygen atoms in total. The number of benzene rings is 2. The molecule has 2 N–H and O–H groups in total. The maximum Gasteiger partial charge on any atom is 0.119 e. The Morgan fingerprint density at radius 2 is 1.73 bits per heavy atom. The van der Waals surface area contributed by atoms with Gasteiger partial charge in [0.2, 0.25) is 0 Å². The third kappa shape index (κ3) is 1.63. The maximum atomic E-state index is 9.79. The van der Waals surface area contributed by atoms with Crippen molar-refractivity contribution in [3.05, 3.63) is 35.9 Å². The van der Waals surface area contributed by atoms with E-state index in [1.165, 1.54) is 0 Å². The number of hydrogen-bond acceptors (Lipinski definition) is 2. The van der Waals surface area contributed by atoms with Crippen LogP contribution in [0.2, 0.25) is 0 Å². The van der Waals surface area contributed by atoms with Crippen molar-refractivity contribution >= 4 is 10.8 Å². The van der Waals surface area contributed by atoms with Crippen LogP contribution in [0, 0.1) is 0 Å². The van der Waals surface area contributed by atoms with Crippen molar-refractivity contribution in [1.29, 1.82) is 0 Å². The zero-order chi connectivity index (χ0) is 11.0. The molecule has 15 heavy (non-hydrogen) atoms. The average molecular weight is 202 g/mol. The third-order valence-electron chi connectivity index (χ3n) is 2.60. The molecule has 0 fully saturated rings. The van der Waals surface area contributed by atoms with Gasteiger partial charge in [-0.3, -0.25) is 0 Å². The molecule has 0 aliphatic heterocycles. The molecule has 2 aromatic carbocycles. The Bertz CT molecular complexity index is 501. The molecular weight excluding hydrogens is 188 g/mol. The standard InChI is InChI=1S/C13H14O2/c1-8(2)13-11-5-4-10(14)7-9(11)3-6-12(13)15/h3-8,14-15H,1-2H3. The summed E-state index contributed by atoms with van der Waals surface area (Å²) >= 11 is 0. The average Bonchev–Trinajstić information content (AvgIpc) is 2.17. The summed E-state index contributed by atoms with van der Waals surface area (Å²) < 4.78 is 0. The molecule has 2 aromatic rings. The van der Waals surface area contributed by atoms with Crippen molar-refractivity contribution < 1.29 is 10.2 Å². The van der Waals surface area contributed by atoms with Gasteiger partial charge in [0.15, 0.2) is 0 Å². The predicted octanol–water partition coefficient (Wildman–Crippen LogP) is 3.37. The molecule has 2 heteroatoms. The van der Waals surface area contributed by atoms with Crippen LogP contribution >= 0.6 is 0 Å². The molecule has 0 aromatic heterocycles. The van der Waals surface area contributed by atoms with Gasteiger partial charge in [0.05, 0.1) is 0 Å². The topological polar surface area (TPSA) is 40.5 Å². The lowest BCUT2D eigenvalue weighted by atomic mass is 9.95. The van der Waals surface area contributed by atoms with Crippen molar-refractivity contribution in [1.82, 2.24) is 0 Å². The summed E-state index contributed by atoms with van der Waals surface area (Å²) in [6.07, 6.45) is 0. The highest BCUT2D eigenvalue weighted by atomic mass is 16.3. The summed E-state index contributed by atoms with van der Waals surface area (Å²) in [5, 5.41) is 21.1. The molecule has 0 aliphatic carbocycles. The van der Waals surface area contributed by atoms with E-state index in [2.05, 4.69) is 0 Å². The molecule has 2 rings (SSSR count). The van der Waals surface area contributed by atoms with Gasteiger partial charge in [-0.2, -0.15) is 0 Å². The number of phenolic OH excluding ortho intramolecular Hbond substituents is 2. The highest BCUT2D eigenvalue weighted by Crippen LogP contribution is 2.34. The van der Waals surface area contributed by atoms with Crippen molar-refractivity contribution in [3.8, 4) is 11.5 Å². The number of rotatable bonds is 1. The van der Waals surface area contributed by atoms with E-state index in [-0.39, 0.29) is 11.7 Å². The van der Waals surface area contributed by atoms with Crippen LogP contribution in [-0.4, -0.2) is 10.2 Å². The Labute approximate surface area is 88.8 Å². The number of fused-ring (bicyclic) bond motifs is 1. The number of aromatic hydroxyl groups is 2. The summed E-state index contributed by atoms with van der Waals surface area (Å²) in [4.78, 5) is 0. The van der Waals surface area contributed by atoms with E-state index in [1.54, 1.807) is 18.2 Å². The molecule has 78 valence electrons. The van der Waals surface area contributed by atoms with Crippen molar-refractivity contribution in [2.24, 2.45) is 0 Å². The number of hydrogen-bond donors (Lipinski definition) is 2. The van der Waals surface area contributed by atoms with Gasteiger partial charge in [-0.1, -0.05) is 26.0 Å². The molecule has 0 atom stereocenters. The highest BCUT2D eigenvalue weighted by molar-refractivity contribution is 5.89. The molecule has 0 saturated heterocycles. The van der Waals surface area contributed by atoms with Crippen LogP contribution in [0.25, 0.3) is 10.8 Å². The molecule has 0 bridgehead atoms. The molecule has 0 spiro atoms. The highest BCUT2D eigenvalue weighted by Gasteiger charge is 2.10. The van der Waals surface area contributed by atoms with Crippen molar-refractivity contribution in [3.63, 3.8) is 0 Å². The zero-order valence-electron chi connectivity index (χ0n) is 8.86. The van der Waals surface area contributed by atoms with Crippen LogP contribution in [0.5, 0.6) is 11.5 Å². The Balaban J connectivity index is 2.82.